The molecule has 2 aliphatic heterocycles. The van der Waals surface area contributed by atoms with E-state index in [1.165, 1.54) is 30.0 Å². The number of aliphatic hydroxyl groups excluding tert-OH is 1. The smallest absolute Gasteiger partial charge is 0.238 e. The lowest BCUT2D eigenvalue weighted by Gasteiger charge is -2.58. The molecule has 7 heteroatoms. The van der Waals surface area contributed by atoms with E-state index in [0.717, 1.165) is 29.7 Å². The van der Waals surface area contributed by atoms with Crippen molar-refractivity contribution in [2.45, 2.75) is 50.1 Å². The Morgan fingerprint density at radius 3 is 2.48 bits per heavy atom. The van der Waals surface area contributed by atoms with Crippen LogP contribution in [0.5, 0.6) is 0 Å². The Kier molecular flexibility index (Phi) is 5.69. The molecule has 0 unspecified atom stereocenters. The average Bonchev–Trinajstić information content (AvgIpc) is 3.17. The maximum atomic E-state index is 12.4. The lowest BCUT2D eigenvalue weighted by molar-refractivity contribution is -0.158. The van der Waals surface area contributed by atoms with Gasteiger partial charge in [-0.05, 0) is 36.5 Å². The first-order valence-corrected chi connectivity index (χ1v) is 12.2. The summed E-state index contributed by atoms with van der Waals surface area (Å²) >= 11 is 0. The zero-order valence-electron chi connectivity index (χ0n) is 16.8. The van der Waals surface area contributed by atoms with Gasteiger partial charge in [0.2, 0.25) is 15.9 Å². The van der Waals surface area contributed by atoms with Gasteiger partial charge < -0.3 is 10.0 Å². The zero-order chi connectivity index (χ0) is 20.6. The lowest BCUT2D eigenvalue weighted by atomic mass is 9.74. The van der Waals surface area contributed by atoms with Crippen LogP contribution in [0.1, 0.15) is 49.1 Å². The highest BCUT2D eigenvalue weighted by Crippen LogP contribution is 2.43. The van der Waals surface area contributed by atoms with Crippen molar-refractivity contribution in [1.82, 2.24) is 9.21 Å². The molecule has 0 bridgehead atoms. The van der Waals surface area contributed by atoms with Crippen LogP contribution >= 0.6 is 0 Å². The SMILES string of the molecule is CS(=O)(=O)N1CC(=O)N2[C@@H](CO)[C@@H](c3ccc(C#CCC4CCCC4)cc3)[C@@H]2C1. The molecular formula is C22H28N2O4S. The third kappa shape index (κ3) is 4.07. The number of carbonyl (C=O) groups is 1. The molecule has 1 N–H and O–H groups in total. The maximum absolute atomic E-state index is 12.4. The molecule has 0 radical (unpaired) electrons. The fraction of sp³-hybridized carbons (Fsp3) is 0.591. The maximum Gasteiger partial charge on any atom is 0.238 e. The molecule has 1 aromatic rings. The number of rotatable bonds is 4. The molecule has 2 heterocycles. The van der Waals surface area contributed by atoms with Crippen molar-refractivity contribution in [3.05, 3.63) is 35.4 Å². The van der Waals surface area contributed by atoms with E-state index in [4.69, 9.17) is 0 Å². The van der Waals surface area contributed by atoms with Crippen LogP contribution in [-0.4, -0.2) is 66.7 Å². The van der Waals surface area contributed by atoms with Crippen molar-refractivity contribution < 1.29 is 18.3 Å². The Morgan fingerprint density at radius 1 is 1.17 bits per heavy atom. The fourth-order valence-electron chi connectivity index (χ4n) is 5.02. The van der Waals surface area contributed by atoms with Crippen LogP contribution in [0.2, 0.25) is 0 Å². The highest BCUT2D eigenvalue weighted by molar-refractivity contribution is 7.88. The van der Waals surface area contributed by atoms with Gasteiger partial charge in [0.1, 0.15) is 0 Å². The molecule has 2 saturated heterocycles. The van der Waals surface area contributed by atoms with Crippen LogP contribution in [0.4, 0.5) is 0 Å². The van der Waals surface area contributed by atoms with Gasteiger partial charge in [0.05, 0.1) is 31.5 Å². The molecule has 0 aromatic heterocycles. The predicted molar refractivity (Wildman–Crippen MR) is 111 cm³/mol. The second kappa shape index (κ2) is 8.10. The van der Waals surface area contributed by atoms with Crippen LogP contribution in [0.15, 0.2) is 24.3 Å². The number of hydrogen-bond donors (Lipinski definition) is 1. The largest absolute Gasteiger partial charge is 0.394 e. The van der Waals surface area contributed by atoms with E-state index in [9.17, 15) is 18.3 Å². The molecule has 0 spiro atoms. The van der Waals surface area contributed by atoms with Gasteiger partial charge in [0, 0.05) is 24.4 Å². The van der Waals surface area contributed by atoms with Gasteiger partial charge >= 0.3 is 0 Å². The Labute approximate surface area is 172 Å². The minimum atomic E-state index is -3.43. The molecule has 1 amide bonds. The summed E-state index contributed by atoms with van der Waals surface area (Å²) in [6, 6.07) is 7.42. The molecular weight excluding hydrogens is 388 g/mol. The highest BCUT2D eigenvalue weighted by atomic mass is 32.2. The molecule has 3 atom stereocenters. The first-order valence-electron chi connectivity index (χ1n) is 10.3. The van der Waals surface area contributed by atoms with Gasteiger partial charge in [0.15, 0.2) is 0 Å². The zero-order valence-corrected chi connectivity index (χ0v) is 17.6. The van der Waals surface area contributed by atoms with E-state index in [1.54, 1.807) is 4.90 Å². The molecule has 1 aromatic carbocycles. The van der Waals surface area contributed by atoms with Crippen molar-refractivity contribution in [2.75, 3.05) is 26.0 Å². The summed E-state index contributed by atoms with van der Waals surface area (Å²) in [6.07, 6.45) is 7.32. The number of fused-ring (bicyclic) bond motifs is 1. The normalized spacial score (nSPS) is 27.9. The number of aliphatic hydroxyl groups is 1. The van der Waals surface area contributed by atoms with Crippen molar-refractivity contribution >= 4 is 15.9 Å². The summed E-state index contributed by atoms with van der Waals surface area (Å²) in [5, 5.41) is 9.83. The topological polar surface area (TPSA) is 77.9 Å². The third-order valence-corrected chi connectivity index (χ3v) is 7.80. The summed E-state index contributed by atoms with van der Waals surface area (Å²) in [7, 11) is -3.43. The van der Waals surface area contributed by atoms with Gasteiger partial charge in [-0.2, -0.15) is 4.31 Å². The van der Waals surface area contributed by atoms with Gasteiger partial charge in [-0.25, -0.2) is 8.42 Å². The first-order chi connectivity index (χ1) is 13.9. The van der Waals surface area contributed by atoms with E-state index >= 15 is 0 Å². The van der Waals surface area contributed by atoms with E-state index < -0.39 is 10.0 Å². The molecule has 3 aliphatic rings. The number of hydrogen-bond acceptors (Lipinski definition) is 4. The Morgan fingerprint density at radius 2 is 1.86 bits per heavy atom. The van der Waals surface area contributed by atoms with E-state index in [0.29, 0.717) is 0 Å². The standard InChI is InChI=1S/C22H28N2O4S/c1-29(27,28)23-13-19-22(20(15-25)24(19)21(26)14-23)18-11-9-17(10-12-18)8-4-7-16-5-2-3-6-16/h9-12,16,19-20,22,25H,2-3,5-7,13-15H2,1H3/t19-,20-,22-/m0/s1. The Balaban J connectivity index is 1.48. The van der Waals surface area contributed by atoms with Crippen LogP contribution in [0, 0.1) is 17.8 Å². The number of carbonyl (C=O) groups excluding carboxylic acids is 1. The van der Waals surface area contributed by atoms with Crippen LogP contribution < -0.4 is 0 Å². The molecule has 1 aliphatic carbocycles. The van der Waals surface area contributed by atoms with E-state index in [1.807, 2.05) is 24.3 Å². The minimum absolute atomic E-state index is 0.0750. The summed E-state index contributed by atoms with van der Waals surface area (Å²) in [5.41, 5.74) is 1.97. The van der Waals surface area contributed by atoms with Crippen LogP contribution in [0.3, 0.4) is 0 Å². The lowest BCUT2D eigenvalue weighted by Crippen LogP contribution is -2.73. The van der Waals surface area contributed by atoms with Crippen molar-refractivity contribution in [3.8, 4) is 11.8 Å². The van der Waals surface area contributed by atoms with Crippen molar-refractivity contribution in [3.63, 3.8) is 0 Å². The summed E-state index contributed by atoms with van der Waals surface area (Å²) < 4.78 is 25.1. The van der Waals surface area contributed by atoms with E-state index in [-0.39, 0.29) is 43.6 Å². The molecule has 6 nitrogen and oxygen atoms in total. The summed E-state index contributed by atoms with van der Waals surface area (Å²) in [5.74, 6) is 6.97. The Bertz CT molecular complexity index is 926. The average molecular weight is 417 g/mol. The van der Waals surface area contributed by atoms with Gasteiger partial charge in [-0.15, -0.1) is 0 Å². The number of piperazine rings is 1. The fourth-order valence-corrected chi connectivity index (χ4v) is 5.79. The quantitative estimate of drug-likeness (QED) is 0.756. The molecule has 156 valence electrons. The monoisotopic (exact) mass is 416 g/mol. The van der Waals surface area contributed by atoms with Gasteiger partial charge in [0.25, 0.3) is 0 Å². The second-order valence-corrected chi connectivity index (χ2v) is 10.5. The summed E-state index contributed by atoms with van der Waals surface area (Å²) in [4.78, 5) is 14.1. The predicted octanol–water partition coefficient (Wildman–Crippen LogP) is 1.55. The first kappa shape index (κ1) is 20.4. The molecule has 29 heavy (non-hydrogen) atoms. The number of sulfonamides is 1. The number of benzene rings is 1. The highest BCUT2D eigenvalue weighted by Gasteiger charge is 2.54. The van der Waals surface area contributed by atoms with Crippen molar-refractivity contribution in [1.29, 1.82) is 0 Å². The van der Waals surface area contributed by atoms with Crippen LogP contribution in [-0.2, 0) is 14.8 Å². The summed E-state index contributed by atoms with van der Waals surface area (Å²) in [6.45, 7) is -0.00249. The van der Waals surface area contributed by atoms with E-state index in [2.05, 4.69) is 11.8 Å². The van der Waals surface area contributed by atoms with Gasteiger partial charge in [-0.3, -0.25) is 4.79 Å². The Hall–Kier alpha value is -1.88. The second-order valence-electron chi connectivity index (χ2n) is 8.48. The molecule has 1 saturated carbocycles. The number of nitrogens with zero attached hydrogens (tertiary/aromatic N) is 2. The van der Waals surface area contributed by atoms with Crippen LogP contribution in [0.25, 0.3) is 0 Å². The minimum Gasteiger partial charge on any atom is -0.394 e. The van der Waals surface area contributed by atoms with Gasteiger partial charge in [-0.1, -0.05) is 36.8 Å². The molecule has 3 fully saturated rings. The third-order valence-electron chi connectivity index (χ3n) is 6.58. The molecule has 4 rings (SSSR count). The van der Waals surface area contributed by atoms with Crippen molar-refractivity contribution in [2.24, 2.45) is 5.92 Å². The number of amides is 1.